The van der Waals surface area contributed by atoms with Crippen LogP contribution < -0.4 is 5.32 Å². The van der Waals surface area contributed by atoms with Gasteiger partial charge in [-0.05, 0) is 25.3 Å². The van der Waals surface area contributed by atoms with Gasteiger partial charge >= 0.3 is 0 Å². The largest absolute Gasteiger partial charge is 0.355 e. The van der Waals surface area contributed by atoms with Gasteiger partial charge in [-0.2, -0.15) is 0 Å². The van der Waals surface area contributed by atoms with Crippen molar-refractivity contribution in [1.82, 2.24) is 10.2 Å². The van der Waals surface area contributed by atoms with Crippen molar-refractivity contribution in [2.24, 2.45) is 5.92 Å². The third kappa shape index (κ3) is 3.26. The minimum Gasteiger partial charge on any atom is -0.355 e. The van der Waals surface area contributed by atoms with E-state index in [1.54, 1.807) is 4.90 Å². The molecule has 0 bridgehead atoms. The Bertz CT molecular complexity index is 564. The number of likely N-dealkylation sites (tertiary alicyclic amines) is 1. The Hall–Kier alpha value is -1.84. The maximum Gasteiger partial charge on any atom is 0.225 e. The van der Waals surface area contributed by atoms with Crippen LogP contribution in [0.3, 0.4) is 0 Å². The third-order valence-electron chi connectivity index (χ3n) is 5.51. The Labute approximate surface area is 138 Å². The molecule has 3 rings (SSSR count). The number of amides is 2. The second-order valence-corrected chi connectivity index (χ2v) is 6.90. The molecule has 4 heteroatoms. The maximum atomic E-state index is 12.5. The molecule has 124 valence electrons. The lowest BCUT2D eigenvalue weighted by Crippen LogP contribution is -2.42. The van der Waals surface area contributed by atoms with Crippen molar-refractivity contribution in [2.45, 2.75) is 44.4 Å². The number of hydrogen-bond donors (Lipinski definition) is 1. The summed E-state index contributed by atoms with van der Waals surface area (Å²) in [7, 11) is 0. The minimum absolute atomic E-state index is 0.0384. The summed E-state index contributed by atoms with van der Waals surface area (Å²) in [5.41, 5.74) is 1.40. The van der Waals surface area contributed by atoms with Crippen LogP contribution in [-0.4, -0.2) is 36.3 Å². The molecule has 0 spiro atoms. The molecule has 1 aromatic carbocycles. The fourth-order valence-corrected chi connectivity index (χ4v) is 4.06. The maximum absolute atomic E-state index is 12.5. The molecule has 1 aromatic rings. The highest BCUT2D eigenvalue weighted by Crippen LogP contribution is 2.40. The normalized spacial score (nSPS) is 23.3. The molecule has 0 radical (unpaired) electrons. The molecule has 1 aliphatic heterocycles. The van der Waals surface area contributed by atoms with E-state index in [-0.39, 0.29) is 23.1 Å². The van der Waals surface area contributed by atoms with E-state index in [1.807, 2.05) is 13.0 Å². The van der Waals surface area contributed by atoms with Crippen molar-refractivity contribution in [3.05, 3.63) is 35.9 Å². The van der Waals surface area contributed by atoms with Crippen LogP contribution in [-0.2, 0) is 15.0 Å². The predicted octanol–water partition coefficient (Wildman–Crippen LogP) is 2.48. The van der Waals surface area contributed by atoms with E-state index in [1.165, 1.54) is 18.4 Å². The predicted molar refractivity (Wildman–Crippen MR) is 90.0 cm³/mol. The zero-order valence-electron chi connectivity index (χ0n) is 13.9. The van der Waals surface area contributed by atoms with Crippen molar-refractivity contribution >= 4 is 11.8 Å². The lowest BCUT2D eigenvalue weighted by molar-refractivity contribution is -0.128. The summed E-state index contributed by atoms with van der Waals surface area (Å²) in [4.78, 5) is 26.1. The zero-order chi connectivity index (χ0) is 16.3. The van der Waals surface area contributed by atoms with Gasteiger partial charge < -0.3 is 10.2 Å². The van der Waals surface area contributed by atoms with Gasteiger partial charge in [0.15, 0.2) is 0 Å². The molecule has 2 aliphatic rings. The van der Waals surface area contributed by atoms with Crippen LogP contribution in [0.2, 0.25) is 0 Å². The Morgan fingerprint density at radius 3 is 2.57 bits per heavy atom. The molecule has 0 aromatic heterocycles. The molecule has 2 fully saturated rings. The number of nitrogens with zero attached hydrogens (tertiary/aromatic N) is 1. The first-order valence-electron chi connectivity index (χ1n) is 8.76. The Morgan fingerprint density at radius 1 is 1.26 bits per heavy atom. The molecule has 4 nitrogen and oxygen atoms in total. The number of hydrogen-bond acceptors (Lipinski definition) is 2. The third-order valence-corrected chi connectivity index (χ3v) is 5.51. The smallest absolute Gasteiger partial charge is 0.225 e. The molecule has 1 aliphatic carbocycles. The average molecular weight is 314 g/mol. The number of benzene rings is 1. The fraction of sp³-hybridized carbons (Fsp3) is 0.579. The molecule has 1 saturated heterocycles. The van der Waals surface area contributed by atoms with E-state index in [9.17, 15) is 9.59 Å². The highest BCUT2D eigenvalue weighted by Gasteiger charge is 2.38. The molecule has 1 saturated carbocycles. The Morgan fingerprint density at radius 2 is 1.96 bits per heavy atom. The van der Waals surface area contributed by atoms with Crippen LogP contribution in [0.1, 0.15) is 44.6 Å². The van der Waals surface area contributed by atoms with E-state index in [0.29, 0.717) is 26.1 Å². The zero-order valence-corrected chi connectivity index (χ0v) is 13.9. The van der Waals surface area contributed by atoms with Gasteiger partial charge in [-0.15, -0.1) is 0 Å². The van der Waals surface area contributed by atoms with Gasteiger partial charge in [0.2, 0.25) is 11.8 Å². The number of carbonyl (C=O) groups excluding carboxylic acids is 2. The molecule has 1 N–H and O–H groups in total. The summed E-state index contributed by atoms with van der Waals surface area (Å²) < 4.78 is 0. The SMILES string of the molecule is CCN1C[C@H](C(=O)NCC2(c3ccccc3)CCCC2)CC1=O. The van der Waals surface area contributed by atoms with Gasteiger partial charge in [-0.3, -0.25) is 9.59 Å². The van der Waals surface area contributed by atoms with Gasteiger partial charge in [0.25, 0.3) is 0 Å². The molecular formula is C19H26N2O2. The standard InChI is InChI=1S/C19H26N2O2/c1-2-21-13-15(12-17(21)22)18(23)20-14-19(10-6-7-11-19)16-8-4-3-5-9-16/h3-5,8-9,15H,2,6-7,10-14H2,1H3,(H,20,23)/t15-/m1/s1. The van der Waals surface area contributed by atoms with Crippen molar-refractivity contribution in [3.8, 4) is 0 Å². The second kappa shape index (κ2) is 6.73. The summed E-state index contributed by atoms with van der Waals surface area (Å²) in [6, 6.07) is 10.5. The van der Waals surface area contributed by atoms with E-state index in [4.69, 9.17) is 0 Å². The Balaban J connectivity index is 1.64. The summed E-state index contributed by atoms with van der Waals surface area (Å²) in [6.07, 6.45) is 5.05. The lowest BCUT2D eigenvalue weighted by Gasteiger charge is -2.30. The van der Waals surface area contributed by atoms with Gasteiger partial charge in [0.1, 0.15) is 0 Å². The average Bonchev–Trinajstić information content (AvgIpc) is 3.21. The summed E-state index contributed by atoms with van der Waals surface area (Å²) in [5.74, 6) is -0.0422. The van der Waals surface area contributed by atoms with Gasteiger partial charge in [-0.25, -0.2) is 0 Å². The van der Waals surface area contributed by atoms with Crippen LogP contribution in [0.15, 0.2) is 30.3 Å². The summed E-state index contributed by atoms with van der Waals surface area (Å²) in [6.45, 7) is 3.91. The first-order valence-corrected chi connectivity index (χ1v) is 8.76. The van der Waals surface area contributed by atoms with E-state index in [2.05, 4.69) is 29.6 Å². The quantitative estimate of drug-likeness (QED) is 0.908. The van der Waals surface area contributed by atoms with Crippen LogP contribution in [0, 0.1) is 5.92 Å². The first-order chi connectivity index (χ1) is 11.1. The molecular weight excluding hydrogens is 288 g/mol. The van der Waals surface area contributed by atoms with E-state index >= 15 is 0 Å². The van der Waals surface area contributed by atoms with Gasteiger partial charge in [0.05, 0.1) is 5.92 Å². The second-order valence-electron chi connectivity index (χ2n) is 6.90. The minimum atomic E-state index is -0.184. The number of rotatable bonds is 5. The summed E-state index contributed by atoms with van der Waals surface area (Å²) in [5, 5.41) is 3.15. The van der Waals surface area contributed by atoms with E-state index in [0.717, 1.165) is 12.8 Å². The molecule has 0 unspecified atom stereocenters. The van der Waals surface area contributed by atoms with Crippen molar-refractivity contribution in [3.63, 3.8) is 0 Å². The number of carbonyl (C=O) groups is 2. The van der Waals surface area contributed by atoms with Gasteiger partial charge in [0, 0.05) is 31.5 Å². The van der Waals surface area contributed by atoms with Crippen molar-refractivity contribution in [2.75, 3.05) is 19.6 Å². The highest BCUT2D eigenvalue weighted by molar-refractivity contribution is 5.89. The van der Waals surface area contributed by atoms with E-state index < -0.39 is 0 Å². The summed E-state index contributed by atoms with van der Waals surface area (Å²) >= 11 is 0. The van der Waals surface area contributed by atoms with Crippen LogP contribution in [0.25, 0.3) is 0 Å². The first kappa shape index (κ1) is 16.0. The number of nitrogens with one attached hydrogen (secondary N) is 1. The molecule has 2 amide bonds. The van der Waals surface area contributed by atoms with Gasteiger partial charge in [-0.1, -0.05) is 43.2 Å². The molecule has 23 heavy (non-hydrogen) atoms. The van der Waals surface area contributed by atoms with Crippen LogP contribution in [0.4, 0.5) is 0 Å². The van der Waals surface area contributed by atoms with Crippen molar-refractivity contribution in [1.29, 1.82) is 0 Å². The van der Waals surface area contributed by atoms with Crippen LogP contribution in [0.5, 0.6) is 0 Å². The topological polar surface area (TPSA) is 49.4 Å². The highest BCUT2D eigenvalue weighted by atomic mass is 16.2. The molecule has 1 atom stereocenters. The lowest BCUT2D eigenvalue weighted by atomic mass is 9.78. The monoisotopic (exact) mass is 314 g/mol. The van der Waals surface area contributed by atoms with Crippen LogP contribution >= 0.6 is 0 Å². The fourth-order valence-electron chi connectivity index (χ4n) is 4.06. The Kier molecular flexibility index (Phi) is 4.69. The van der Waals surface area contributed by atoms with Crippen molar-refractivity contribution < 1.29 is 9.59 Å². The molecule has 1 heterocycles.